The monoisotopic (exact) mass is 262 g/mol. The number of aryl methyl sites for hydroxylation is 1. The second-order valence-electron chi connectivity index (χ2n) is 5.31. The van der Waals surface area contributed by atoms with Gasteiger partial charge in [-0.1, -0.05) is 6.07 Å². The molecule has 0 atom stereocenters. The van der Waals surface area contributed by atoms with Crippen molar-refractivity contribution in [1.82, 2.24) is 10.6 Å². The van der Waals surface area contributed by atoms with E-state index in [0.717, 1.165) is 31.2 Å². The number of benzene rings is 1. The van der Waals surface area contributed by atoms with E-state index in [9.17, 15) is 9.90 Å². The normalized spacial score (nSPS) is 23.1. The van der Waals surface area contributed by atoms with Crippen molar-refractivity contribution in [1.29, 1.82) is 0 Å². The zero-order chi connectivity index (χ0) is 13.8. The van der Waals surface area contributed by atoms with Gasteiger partial charge in [0.15, 0.2) is 0 Å². The summed E-state index contributed by atoms with van der Waals surface area (Å²) in [4.78, 5) is 12.1. The Morgan fingerprint density at radius 3 is 2.42 bits per heavy atom. The molecule has 0 heterocycles. The molecule has 0 aromatic heterocycles. The van der Waals surface area contributed by atoms with Gasteiger partial charge in [0.05, 0.1) is 0 Å². The summed E-state index contributed by atoms with van der Waals surface area (Å²) in [5, 5.41) is 16.0. The maximum Gasteiger partial charge on any atom is 0.251 e. The quantitative estimate of drug-likeness (QED) is 0.780. The van der Waals surface area contributed by atoms with E-state index in [0.29, 0.717) is 11.6 Å². The standard InChI is InChI=1S/C15H22N2O2/c1-10-3-4-11(9-14(10)18)15(19)17-13-7-5-12(16-2)6-8-13/h3-4,9,12-13,16,18H,5-8H2,1-2H3,(H,17,19). The van der Waals surface area contributed by atoms with Crippen LogP contribution in [-0.2, 0) is 0 Å². The van der Waals surface area contributed by atoms with Crippen molar-refractivity contribution in [3.05, 3.63) is 29.3 Å². The lowest BCUT2D eigenvalue weighted by atomic mass is 9.91. The number of phenols is 1. The molecule has 3 N–H and O–H groups in total. The molecule has 1 aliphatic rings. The highest BCUT2D eigenvalue weighted by Crippen LogP contribution is 2.20. The van der Waals surface area contributed by atoms with Gasteiger partial charge in [-0.25, -0.2) is 0 Å². The first-order valence-corrected chi connectivity index (χ1v) is 6.88. The van der Waals surface area contributed by atoms with Crippen LogP contribution in [0.25, 0.3) is 0 Å². The summed E-state index contributed by atoms with van der Waals surface area (Å²) in [5.41, 5.74) is 1.31. The summed E-state index contributed by atoms with van der Waals surface area (Å²) in [5.74, 6) is 0.0785. The number of phenolic OH excluding ortho intramolecular Hbond substituents is 1. The van der Waals surface area contributed by atoms with Crippen LogP contribution >= 0.6 is 0 Å². The van der Waals surface area contributed by atoms with Gasteiger partial charge in [-0.15, -0.1) is 0 Å². The number of carbonyl (C=O) groups excluding carboxylic acids is 1. The summed E-state index contributed by atoms with van der Waals surface area (Å²) in [6.45, 7) is 1.82. The third-order valence-electron chi connectivity index (χ3n) is 3.94. The lowest BCUT2D eigenvalue weighted by Gasteiger charge is -2.28. The third-order valence-corrected chi connectivity index (χ3v) is 3.94. The van der Waals surface area contributed by atoms with E-state index in [2.05, 4.69) is 10.6 Å². The SMILES string of the molecule is CNC1CCC(NC(=O)c2ccc(C)c(O)c2)CC1. The molecule has 1 saturated carbocycles. The highest BCUT2D eigenvalue weighted by atomic mass is 16.3. The first-order chi connectivity index (χ1) is 9.10. The number of amides is 1. The summed E-state index contributed by atoms with van der Waals surface area (Å²) < 4.78 is 0. The van der Waals surface area contributed by atoms with Crippen LogP contribution in [0.4, 0.5) is 0 Å². The summed E-state index contributed by atoms with van der Waals surface area (Å²) >= 11 is 0. The molecule has 1 aromatic carbocycles. The van der Waals surface area contributed by atoms with Gasteiger partial charge < -0.3 is 15.7 Å². The van der Waals surface area contributed by atoms with E-state index in [4.69, 9.17) is 0 Å². The summed E-state index contributed by atoms with van der Waals surface area (Å²) in [6, 6.07) is 5.88. The largest absolute Gasteiger partial charge is 0.508 e. The number of aromatic hydroxyl groups is 1. The molecule has 1 aromatic rings. The van der Waals surface area contributed by atoms with Crippen molar-refractivity contribution in [3.63, 3.8) is 0 Å². The molecule has 0 bridgehead atoms. The Balaban J connectivity index is 1.92. The lowest BCUT2D eigenvalue weighted by Crippen LogP contribution is -2.41. The number of rotatable bonds is 3. The zero-order valence-corrected chi connectivity index (χ0v) is 11.6. The van der Waals surface area contributed by atoms with Gasteiger partial charge in [0.2, 0.25) is 0 Å². The topological polar surface area (TPSA) is 61.4 Å². The van der Waals surface area contributed by atoms with Crippen molar-refractivity contribution < 1.29 is 9.90 Å². The fourth-order valence-electron chi connectivity index (χ4n) is 2.55. The molecule has 1 fully saturated rings. The Morgan fingerprint density at radius 2 is 1.84 bits per heavy atom. The van der Waals surface area contributed by atoms with E-state index in [1.54, 1.807) is 12.1 Å². The van der Waals surface area contributed by atoms with E-state index < -0.39 is 0 Å². The molecule has 0 aliphatic heterocycles. The minimum absolute atomic E-state index is 0.0943. The minimum atomic E-state index is -0.0943. The number of carbonyl (C=O) groups is 1. The Bertz CT molecular complexity index is 451. The average molecular weight is 262 g/mol. The molecule has 2 rings (SSSR count). The summed E-state index contributed by atoms with van der Waals surface area (Å²) in [7, 11) is 1.98. The van der Waals surface area contributed by atoms with Gasteiger partial charge in [0.1, 0.15) is 5.75 Å². The average Bonchev–Trinajstić information content (AvgIpc) is 2.42. The Morgan fingerprint density at radius 1 is 1.21 bits per heavy atom. The molecule has 1 amide bonds. The molecule has 1 aliphatic carbocycles. The van der Waals surface area contributed by atoms with Crippen molar-refractivity contribution in [2.75, 3.05) is 7.05 Å². The van der Waals surface area contributed by atoms with Crippen LogP contribution in [0.5, 0.6) is 5.75 Å². The molecule has 0 unspecified atom stereocenters. The molecular weight excluding hydrogens is 240 g/mol. The van der Waals surface area contributed by atoms with Crippen LogP contribution in [0, 0.1) is 6.92 Å². The van der Waals surface area contributed by atoms with E-state index >= 15 is 0 Å². The Labute approximate surface area is 114 Å². The predicted octanol–water partition coefficient (Wildman–Crippen LogP) is 1.96. The van der Waals surface area contributed by atoms with Crippen molar-refractivity contribution >= 4 is 5.91 Å². The first kappa shape index (κ1) is 13.9. The maximum absolute atomic E-state index is 12.1. The highest BCUT2D eigenvalue weighted by Gasteiger charge is 2.21. The van der Waals surface area contributed by atoms with Crippen LogP contribution in [0.3, 0.4) is 0 Å². The molecule has 4 heteroatoms. The van der Waals surface area contributed by atoms with Gasteiger partial charge in [0.25, 0.3) is 5.91 Å². The molecule has 0 spiro atoms. The second kappa shape index (κ2) is 6.06. The van der Waals surface area contributed by atoms with Crippen molar-refractivity contribution in [2.45, 2.75) is 44.7 Å². The van der Waals surface area contributed by atoms with Gasteiger partial charge in [-0.3, -0.25) is 4.79 Å². The maximum atomic E-state index is 12.1. The second-order valence-corrected chi connectivity index (χ2v) is 5.31. The summed E-state index contributed by atoms with van der Waals surface area (Å²) in [6.07, 6.45) is 4.21. The lowest BCUT2D eigenvalue weighted by molar-refractivity contribution is 0.0924. The fourth-order valence-corrected chi connectivity index (χ4v) is 2.55. The van der Waals surface area contributed by atoms with Crippen LogP contribution in [0.2, 0.25) is 0 Å². The van der Waals surface area contributed by atoms with Gasteiger partial charge >= 0.3 is 0 Å². The third kappa shape index (κ3) is 3.47. The van der Waals surface area contributed by atoms with Gasteiger partial charge in [-0.05, 0) is 57.4 Å². The van der Waals surface area contributed by atoms with Gasteiger partial charge in [0, 0.05) is 17.6 Å². The van der Waals surface area contributed by atoms with Crippen LogP contribution in [0.15, 0.2) is 18.2 Å². The van der Waals surface area contributed by atoms with E-state index in [1.165, 1.54) is 6.07 Å². The molecule has 0 saturated heterocycles. The van der Waals surface area contributed by atoms with Crippen LogP contribution in [-0.4, -0.2) is 30.1 Å². The van der Waals surface area contributed by atoms with E-state index in [-0.39, 0.29) is 17.7 Å². The molecule has 19 heavy (non-hydrogen) atoms. The van der Waals surface area contributed by atoms with Gasteiger partial charge in [-0.2, -0.15) is 0 Å². The molecule has 4 nitrogen and oxygen atoms in total. The Hall–Kier alpha value is -1.55. The zero-order valence-electron chi connectivity index (χ0n) is 11.6. The molecule has 0 radical (unpaired) electrons. The van der Waals surface area contributed by atoms with Crippen molar-refractivity contribution in [2.24, 2.45) is 0 Å². The smallest absolute Gasteiger partial charge is 0.251 e. The van der Waals surface area contributed by atoms with Crippen LogP contribution < -0.4 is 10.6 Å². The Kier molecular flexibility index (Phi) is 4.43. The predicted molar refractivity (Wildman–Crippen MR) is 75.4 cm³/mol. The number of hydrogen-bond acceptors (Lipinski definition) is 3. The number of hydrogen-bond donors (Lipinski definition) is 3. The van der Waals surface area contributed by atoms with Crippen molar-refractivity contribution in [3.8, 4) is 5.75 Å². The minimum Gasteiger partial charge on any atom is -0.508 e. The van der Waals surface area contributed by atoms with E-state index in [1.807, 2.05) is 14.0 Å². The number of nitrogens with one attached hydrogen (secondary N) is 2. The highest BCUT2D eigenvalue weighted by molar-refractivity contribution is 5.94. The van der Waals surface area contributed by atoms with Crippen LogP contribution in [0.1, 0.15) is 41.6 Å². The molecular formula is C15H22N2O2. The molecule has 104 valence electrons. The fraction of sp³-hybridized carbons (Fsp3) is 0.533. The first-order valence-electron chi connectivity index (χ1n) is 6.88.